The molecule has 2 aromatic carbocycles. The third-order valence-electron chi connectivity index (χ3n) is 3.81. The third-order valence-corrected chi connectivity index (χ3v) is 3.81. The van der Waals surface area contributed by atoms with E-state index in [1.54, 1.807) is 0 Å². The lowest BCUT2D eigenvalue weighted by Crippen LogP contribution is -2.09. The first-order valence-electron chi connectivity index (χ1n) is 7.33. The minimum absolute atomic E-state index is 0.0788. The molecule has 0 amide bonds. The van der Waals surface area contributed by atoms with E-state index < -0.39 is 0 Å². The van der Waals surface area contributed by atoms with Crippen molar-refractivity contribution >= 4 is 10.9 Å². The number of nitrogens with one attached hydrogen (secondary N) is 1. The molecule has 0 saturated carbocycles. The number of fused-ring (bicyclic) bond motifs is 1. The lowest BCUT2D eigenvalue weighted by molar-refractivity contribution is 1.12. The molecule has 3 aromatic rings. The van der Waals surface area contributed by atoms with Crippen LogP contribution in [0.2, 0.25) is 0 Å². The van der Waals surface area contributed by atoms with Crippen molar-refractivity contribution in [2.75, 3.05) is 0 Å². The maximum atomic E-state index is 12.3. The molecule has 0 aliphatic rings. The monoisotopic (exact) mass is 278 g/mol. The molecular formula is C18H18N2O. The van der Waals surface area contributed by atoms with Crippen LogP contribution in [0.5, 0.6) is 0 Å². The lowest BCUT2D eigenvalue weighted by atomic mass is 10.1. The highest BCUT2D eigenvalue weighted by molar-refractivity contribution is 5.80. The summed E-state index contributed by atoms with van der Waals surface area (Å²) in [5.41, 5.74) is 4.02. The summed E-state index contributed by atoms with van der Waals surface area (Å²) >= 11 is 0. The molecular weight excluding hydrogens is 260 g/mol. The normalized spacial score (nSPS) is 11.0. The van der Waals surface area contributed by atoms with E-state index in [9.17, 15) is 4.79 Å². The summed E-state index contributed by atoms with van der Waals surface area (Å²) in [6.45, 7) is 4.20. The predicted molar refractivity (Wildman–Crippen MR) is 86.6 cm³/mol. The Kier molecular flexibility index (Phi) is 3.57. The summed E-state index contributed by atoms with van der Waals surface area (Å²) in [6, 6.07) is 14.0. The van der Waals surface area contributed by atoms with Crippen molar-refractivity contribution in [3.8, 4) is 11.4 Å². The van der Waals surface area contributed by atoms with Gasteiger partial charge in [-0.05, 0) is 36.1 Å². The van der Waals surface area contributed by atoms with Crippen LogP contribution in [0.15, 0.2) is 47.3 Å². The van der Waals surface area contributed by atoms with Crippen molar-refractivity contribution < 1.29 is 0 Å². The smallest absolute Gasteiger partial charge is 0.259 e. The van der Waals surface area contributed by atoms with Crippen LogP contribution in [0.4, 0.5) is 0 Å². The zero-order valence-corrected chi connectivity index (χ0v) is 12.3. The minimum Gasteiger partial charge on any atom is -0.306 e. The fourth-order valence-corrected chi connectivity index (χ4v) is 2.44. The zero-order valence-electron chi connectivity index (χ0n) is 12.3. The molecule has 0 saturated heterocycles. The number of hydrogen-bond acceptors (Lipinski definition) is 2. The van der Waals surface area contributed by atoms with Gasteiger partial charge >= 0.3 is 0 Å². The van der Waals surface area contributed by atoms with Gasteiger partial charge in [0.25, 0.3) is 5.56 Å². The number of benzene rings is 2. The van der Waals surface area contributed by atoms with Crippen molar-refractivity contribution in [2.45, 2.75) is 26.7 Å². The molecule has 3 nitrogen and oxygen atoms in total. The SMILES string of the molecule is CCc1ccc(-c2nc3ccc(CC)cc3c(=O)[nH]2)cc1. The van der Waals surface area contributed by atoms with E-state index in [0.29, 0.717) is 11.2 Å². The Labute approximate surface area is 123 Å². The summed E-state index contributed by atoms with van der Waals surface area (Å²) < 4.78 is 0. The maximum absolute atomic E-state index is 12.3. The standard InChI is InChI=1S/C18H18N2O/c1-3-12-5-8-14(9-6-12)17-19-16-10-7-13(4-2)11-15(16)18(21)20-17/h5-11H,3-4H2,1-2H3,(H,19,20,21). The van der Waals surface area contributed by atoms with Crippen molar-refractivity contribution in [1.82, 2.24) is 9.97 Å². The second kappa shape index (κ2) is 5.52. The molecule has 1 aromatic heterocycles. The highest BCUT2D eigenvalue weighted by Crippen LogP contribution is 2.18. The number of rotatable bonds is 3. The van der Waals surface area contributed by atoms with Gasteiger partial charge in [-0.2, -0.15) is 0 Å². The number of aromatic nitrogens is 2. The van der Waals surface area contributed by atoms with Crippen LogP contribution in [-0.4, -0.2) is 9.97 Å². The second-order valence-corrected chi connectivity index (χ2v) is 5.17. The van der Waals surface area contributed by atoms with Gasteiger partial charge in [0, 0.05) is 5.56 Å². The third kappa shape index (κ3) is 2.59. The molecule has 106 valence electrons. The number of nitrogens with zero attached hydrogens (tertiary/aromatic N) is 1. The van der Waals surface area contributed by atoms with Crippen molar-refractivity contribution in [2.24, 2.45) is 0 Å². The van der Waals surface area contributed by atoms with Crippen LogP contribution < -0.4 is 5.56 Å². The summed E-state index contributed by atoms with van der Waals surface area (Å²) in [6.07, 6.45) is 1.91. The van der Waals surface area contributed by atoms with Crippen LogP contribution in [-0.2, 0) is 12.8 Å². The fraction of sp³-hybridized carbons (Fsp3) is 0.222. The van der Waals surface area contributed by atoms with Crippen LogP contribution in [0.3, 0.4) is 0 Å². The summed E-state index contributed by atoms with van der Waals surface area (Å²) in [5, 5.41) is 0.656. The number of hydrogen-bond donors (Lipinski definition) is 1. The van der Waals surface area contributed by atoms with Crippen molar-refractivity contribution in [1.29, 1.82) is 0 Å². The predicted octanol–water partition coefficient (Wildman–Crippen LogP) is 3.71. The van der Waals surface area contributed by atoms with Gasteiger partial charge in [-0.1, -0.05) is 44.2 Å². The van der Waals surface area contributed by atoms with E-state index in [0.717, 1.165) is 29.5 Å². The molecule has 0 fully saturated rings. The molecule has 0 radical (unpaired) electrons. The summed E-state index contributed by atoms with van der Waals surface area (Å²) in [5.74, 6) is 0.624. The van der Waals surface area contributed by atoms with E-state index in [-0.39, 0.29) is 5.56 Å². The molecule has 0 unspecified atom stereocenters. The van der Waals surface area contributed by atoms with Gasteiger partial charge in [0.15, 0.2) is 0 Å². The Balaban J connectivity index is 2.13. The van der Waals surface area contributed by atoms with Crippen LogP contribution >= 0.6 is 0 Å². The molecule has 1 heterocycles. The van der Waals surface area contributed by atoms with Crippen LogP contribution in [0, 0.1) is 0 Å². The van der Waals surface area contributed by atoms with E-state index in [1.807, 2.05) is 30.3 Å². The van der Waals surface area contributed by atoms with E-state index >= 15 is 0 Å². The van der Waals surface area contributed by atoms with Crippen LogP contribution in [0.25, 0.3) is 22.3 Å². The Morgan fingerprint density at radius 1 is 0.952 bits per heavy atom. The van der Waals surface area contributed by atoms with E-state index in [2.05, 4.69) is 35.9 Å². The van der Waals surface area contributed by atoms with Crippen molar-refractivity contribution in [3.05, 3.63) is 63.9 Å². The highest BCUT2D eigenvalue weighted by atomic mass is 16.1. The Hall–Kier alpha value is -2.42. The van der Waals surface area contributed by atoms with Crippen LogP contribution in [0.1, 0.15) is 25.0 Å². The highest BCUT2D eigenvalue weighted by Gasteiger charge is 2.06. The molecule has 0 atom stereocenters. The van der Waals surface area contributed by atoms with Gasteiger partial charge in [-0.25, -0.2) is 4.98 Å². The number of H-pyrrole nitrogens is 1. The minimum atomic E-state index is -0.0788. The molecule has 0 bridgehead atoms. The van der Waals surface area contributed by atoms with Gasteiger partial charge in [-0.15, -0.1) is 0 Å². The number of aryl methyl sites for hydroxylation is 2. The Morgan fingerprint density at radius 3 is 2.29 bits per heavy atom. The molecule has 21 heavy (non-hydrogen) atoms. The summed E-state index contributed by atoms with van der Waals surface area (Å²) in [7, 11) is 0. The maximum Gasteiger partial charge on any atom is 0.259 e. The van der Waals surface area contributed by atoms with Gasteiger partial charge < -0.3 is 4.98 Å². The number of aromatic amines is 1. The molecule has 0 spiro atoms. The van der Waals surface area contributed by atoms with E-state index in [4.69, 9.17) is 0 Å². The lowest BCUT2D eigenvalue weighted by Gasteiger charge is -2.05. The first-order valence-corrected chi connectivity index (χ1v) is 7.33. The largest absolute Gasteiger partial charge is 0.306 e. The Bertz CT molecular complexity index is 832. The van der Waals surface area contributed by atoms with Gasteiger partial charge in [-0.3, -0.25) is 4.79 Å². The Morgan fingerprint density at radius 2 is 1.62 bits per heavy atom. The first-order chi connectivity index (χ1) is 10.2. The van der Waals surface area contributed by atoms with Gasteiger partial charge in [0.2, 0.25) is 0 Å². The summed E-state index contributed by atoms with van der Waals surface area (Å²) in [4.78, 5) is 19.7. The molecule has 3 heteroatoms. The molecule has 1 N–H and O–H groups in total. The molecule has 0 aliphatic heterocycles. The first kappa shape index (κ1) is 13.6. The molecule has 3 rings (SSSR count). The molecule has 0 aliphatic carbocycles. The van der Waals surface area contributed by atoms with Gasteiger partial charge in [0.05, 0.1) is 10.9 Å². The van der Waals surface area contributed by atoms with E-state index in [1.165, 1.54) is 5.56 Å². The fourth-order valence-electron chi connectivity index (χ4n) is 2.44. The second-order valence-electron chi connectivity index (χ2n) is 5.17. The topological polar surface area (TPSA) is 45.8 Å². The van der Waals surface area contributed by atoms with Crippen molar-refractivity contribution in [3.63, 3.8) is 0 Å². The average Bonchev–Trinajstić information content (AvgIpc) is 2.54. The quantitative estimate of drug-likeness (QED) is 0.793. The average molecular weight is 278 g/mol. The van der Waals surface area contributed by atoms with Gasteiger partial charge in [0.1, 0.15) is 5.82 Å². The zero-order chi connectivity index (χ0) is 14.8.